The molecule has 1 aromatic heterocycles. The number of ether oxygens (including phenoxy) is 1. The highest BCUT2D eigenvalue weighted by Crippen LogP contribution is 2.26. The molecular formula is C17H20ClN3O3. The standard InChI is InChI=1S/C17H20ClN3O3/c1-11-12(2)23-16(20-11)9-19-17(22)21-8-7-13(10-21)24-15-6-4-3-5-14(15)18/h3-6,13H,7-10H2,1-2H3,(H,19,22). The van der Waals surface area contributed by atoms with Crippen molar-refractivity contribution in [1.82, 2.24) is 15.2 Å². The lowest BCUT2D eigenvalue weighted by atomic mass is 10.3. The van der Waals surface area contributed by atoms with Crippen molar-refractivity contribution in [2.45, 2.75) is 32.9 Å². The van der Waals surface area contributed by atoms with E-state index in [1.54, 1.807) is 11.0 Å². The Balaban J connectivity index is 1.49. The first-order chi connectivity index (χ1) is 11.5. The molecule has 1 N–H and O–H groups in total. The van der Waals surface area contributed by atoms with Crippen LogP contribution < -0.4 is 10.1 Å². The Morgan fingerprint density at radius 3 is 2.96 bits per heavy atom. The van der Waals surface area contributed by atoms with Crippen LogP contribution in [0.25, 0.3) is 0 Å². The third-order valence-electron chi connectivity index (χ3n) is 4.03. The number of halogens is 1. The molecule has 0 spiro atoms. The number of nitrogens with zero attached hydrogens (tertiary/aromatic N) is 2. The molecule has 7 heteroatoms. The summed E-state index contributed by atoms with van der Waals surface area (Å²) in [6.07, 6.45) is 0.720. The zero-order valence-electron chi connectivity index (χ0n) is 13.7. The zero-order chi connectivity index (χ0) is 17.1. The predicted molar refractivity (Wildman–Crippen MR) is 90.3 cm³/mol. The van der Waals surface area contributed by atoms with E-state index in [1.807, 2.05) is 32.0 Å². The molecule has 2 amide bonds. The number of hydrogen-bond donors (Lipinski definition) is 1. The smallest absolute Gasteiger partial charge is 0.317 e. The lowest BCUT2D eigenvalue weighted by Crippen LogP contribution is -2.39. The van der Waals surface area contributed by atoms with Crippen LogP contribution in [0.4, 0.5) is 4.79 Å². The summed E-state index contributed by atoms with van der Waals surface area (Å²) < 4.78 is 11.3. The summed E-state index contributed by atoms with van der Waals surface area (Å²) in [4.78, 5) is 18.2. The summed E-state index contributed by atoms with van der Waals surface area (Å²) in [6.45, 7) is 5.18. The number of rotatable bonds is 4. The largest absolute Gasteiger partial charge is 0.487 e. The molecule has 24 heavy (non-hydrogen) atoms. The van der Waals surface area contributed by atoms with Gasteiger partial charge in [0.1, 0.15) is 17.6 Å². The van der Waals surface area contributed by atoms with Gasteiger partial charge >= 0.3 is 6.03 Å². The van der Waals surface area contributed by atoms with Crippen LogP contribution in [0.5, 0.6) is 5.75 Å². The SMILES string of the molecule is Cc1nc(CNC(=O)N2CCC(Oc3ccccc3Cl)C2)oc1C. The van der Waals surface area contributed by atoms with Crippen LogP contribution in [0, 0.1) is 13.8 Å². The highest BCUT2D eigenvalue weighted by Gasteiger charge is 2.28. The topological polar surface area (TPSA) is 67.6 Å². The number of benzene rings is 1. The second kappa shape index (κ2) is 7.13. The molecule has 0 radical (unpaired) electrons. The Morgan fingerprint density at radius 2 is 2.25 bits per heavy atom. The second-order valence-electron chi connectivity index (χ2n) is 5.81. The number of carbonyl (C=O) groups excluding carboxylic acids is 1. The first kappa shape index (κ1) is 16.6. The van der Waals surface area contributed by atoms with Gasteiger partial charge < -0.3 is 19.4 Å². The molecule has 1 aliphatic rings. The van der Waals surface area contributed by atoms with Crippen LogP contribution in [0.1, 0.15) is 23.8 Å². The Labute approximate surface area is 145 Å². The van der Waals surface area contributed by atoms with E-state index in [0.29, 0.717) is 29.8 Å². The number of aryl methyl sites for hydroxylation is 2. The minimum atomic E-state index is -0.145. The molecule has 6 nitrogen and oxygen atoms in total. The molecule has 1 aliphatic heterocycles. The van der Waals surface area contributed by atoms with Crippen LogP contribution in [-0.4, -0.2) is 35.1 Å². The zero-order valence-corrected chi connectivity index (χ0v) is 14.5. The minimum Gasteiger partial charge on any atom is -0.487 e. The van der Waals surface area contributed by atoms with E-state index in [0.717, 1.165) is 17.9 Å². The first-order valence-corrected chi connectivity index (χ1v) is 8.27. The van der Waals surface area contributed by atoms with Gasteiger partial charge in [0, 0.05) is 13.0 Å². The van der Waals surface area contributed by atoms with Gasteiger partial charge in [-0.1, -0.05) is 23.7 Å². The van der Waals surface area contributed by atoms with Crippen molar-refractivity contribution in [1.29, 1.82) is 0 Å². The quantitative estimate of drug-likeness (QED) is 0.919. The minimum absolute atomic E-state index is 0.0538. The number of oxazole rings is 1. The summed E-state index contributed by atoms with van der Waals surface area (Å²) in [6, 6.07) is 7.21. The summed E-state index contributed by atoms with van der Waals surface area (Å²) in [5.41, 5.74) is 0.841. The first-order valence-electron chi connectivity index (χ1n) is 7.90. The Bertz CT molecular complexity index is 712. The van der Waals surface area contributed by atoms with Crippen molar-refractivity contribution in [3.05, 3.63) is 46.6 Å². The number of aromatic nitrogens is 1. The molecule has 0 saturated carbocycles. The maximum Gasteiger partial charge on any atom is 0.317 e. The van der Waals surface area contributed by atoms with Crippen LogP contribution >= 0.6 is 11.6 Å². The molecule has 0 bridgehead atoms. The summed E-state index contributed by atoms with van der Waals surface area (Å²) in [7, 11) is 0. The lowest BCUT2D eigenvalue weighted by molar-refractivity contribution is 0.186. The number of nitrogens with one attached hydrogen (secondary N) is 1. The maximum absolute atomic E-state index is 12.2. The number of carbonyl (C=O) groups is 1. The third kappa shape index (κ3) is 3.82. The van der Waals surface area contributed by atoms with Gasteiger partial charge in [-0.3, -0.25) is 0 Å². The van der Waals surface area contributed by atoms with Crippen LogP contribution in [0.2, 0.25) is 5.02 Å². The van der Waals surface area contributed by atoms with E-state index in [9.17, 15) is 4.79 Å². The molecule has 0 aliphatic carbocycles. The van der Waals surface area contributed by atoms with Crippen molar-refractivity contribution in [3.63, 3.8) is 0 Å². The average Bonchev–Trinajstić information content (AvgIpc) is 3.15. The fraction of sp³-hybridized carbons (Fsp3) is 0.412. The number of hydrogen-bond acceptors (Lipinski definition) is 4. The highest BCUT2D eigenvalue weighted by atomic mass is 35.5. The molecule has 1 atom stereocenters. The van der Waals surface area contributed by atoms with Gasteiger partial charge in [0.25, 0.3) is 0 Å². The number of para-hydroxylation sites is 1. The van der Waals surface area contributed by atoms with E-state index in [2.05, 4.69) is 10.3 Å². The fourth-order valence-corrected chi connectivity index (χ4v) is 2.79. The Kier molecular flexibility index (Phi) is 4.94. The molecule has 128 valence electrons. The molecule has 1 saturated heterocycles. The van der Waals surface area contributed by atoms with Gasteiger partial charge in [-0.2, -0.15) is 0 Å². The number of likely N-dealkylation sites (tertiary alicyclic amines) is 1. The summed E-state index contributed by atoms with van der Waals surface area (Å²) >= 11 is 6.10. The molecule has 1 fully saturated rings. The summed E-state index contributed by atoms with van der Waals surface area (Å²) in [5, 5.41) is 3.41. The predicted octanol–water partition coefficient (Wildman–Crippen LogP) is 3.31. The van der Waals surface area contributed by atoms with E-state index in [-0.39, 0.29) is 18.7 Å². The van der Waals surface area contributed by atoms with Crippen molar-refractivity contribution >= 4 is 17.6 Å². The van der Waals surface area contributed by atoms with E-state index < -0.39 is 0 Å². The van der Waals surface area contributed by atoms with E-state index in [1.165, 1.54) is 0 Å². The Hall–Kier alpha value is -2.21. The molecule has 3 rings (SSSR count). The van der Waals surface area contributed by atoms with Gasteiger partial charge in [0.05, 0.1) is 23.8 Å². The van der Waals surface area contributed by atoms with Crippen molar-refractivity contribution in [2.75, 3.05) is 13.1 Å². The van der Waals surface area contributed by atoms with Gasteiger partial charge in [-0.05, 0) is 26.0 Å². The molecule has 2 aromatic rings. The highest BCUT2D eigenvalue weighted by molar-refractivity contribution is 6.32. The van der Waals surface area contributed by atoms with E-state index in [4.69, 9.17) is 20.8 Å². The fourth-order valence-electron chi connectivity index (χ4n) is 2.61. The van der Waals surface area contributed by atoms with Gasteiger partial charge in [0.2, 0.25) is 5.89 Å². The molecule has 2 heterocycles. The average molecular weight is 350 g/mol. The number of urea groups is 1. The molecular weight excluding hydrogens is 330 g/mol. The lowest BCUT2D eigenvalue weighted by Gasteiger charge is -2.18. The van der Waals surface area contributed by atoms with Crippen molar-refractivity contribution in [3.8, 4) is 5.75 Å². The second-order valence-corrected chi connectivity index (χ2v) is 6.22. The van der Waals surface area contributed by atoms with Gasteiger partial charge in [-0.25, -0.2) is 9.78 Å². The van der Waals surface area contributed by atoms with Crippen molar-refractivity contribution in [2.24, 2.45) is 0 Å². The Morgan fingerprint density at radius 1 is 1.46 bits per heavy atom. The van der Waals surface area contributed by atoms with Crippen LogP contribution in [-0.2, 0) is 6.54 Å². The van der Waals surface area contributed by atoms with Crippen molar-refractivity contribution < 1.29 is 13.9 Å². The third-order valence-corrected chi connectivity index (χ3v) is 4.34. The van der Waals surface area contributed by atoms with Gasteiger partial charge in [-0.15, -0.1) is 0 Å². The van der Waals surface area contributed by atoms with E-state index >= 15 is 0 Å². The van der Waals surface area contributed by atoms with Crippen LogP contribution in [0.3, 0.4) is 0 Å². The maximum atomic E-state index is 12.2. The normalized spacial score (nSPS) is 17.1. The molecule has 1 unspecified atom stereocenters. The van der Waals surface area contributed by atoms with Gasteiger partial charge in [0.15, 0.2) is 0 Å². The number of amides is 2. The summed E-state index contributed by atoms with van der Waals surface area (Å²) in [5.74, 6) is 1.94. The van der Waals surface area contributed by atoms with Crippen LogP contribution in [0.15, 0.2) is 28.7 Å². The monoisotopic (exact) mass is 349 g/mol. The molecule has 1 aromatic carbocycles.